The van der Waals surface area contributed by atoms with Crippen LogP contribution in [0, 0.1) is 0 Å². The van der Waals surface area contributed by atoms with Gasteiger partial charge in [-0.05, 0) is 46.0 Å². The lowest BCUT2D eigenvalue weighted by Crippen LogP contribution is -2.23. The molecule has 1 aromatic rings. The van der Waals surface area contributed by atoms with Crippen LogP contribution in [0.15, 0.2) is 24.3 Å². The van der Waals surface area contributed by atoms with E-state index in [2.05, 4.69) is 48.2 Å². The first kappa shape index (κ1) is 12.9. The maximum absolute atomic E-state index is 6.27. The molecule has 0 bridgehead atoms. The van der Waals surface area contributed by atoms with Crippen LogP contribution in [0.3, 0.4) is 0 Å². The monoisotopic (exact) mass is 260 g/mol. The van der Waals surface area contributed by atoms with Crippen LogP contribution in [0.25, 0.3) is 0 Å². The van der Waals surface area contributed by atoms with Crippen molar-refractivity contribution in [3.05, 3.63) is 29.8 Å². The standard InChI is InChI=1S/C16H24N2O/c1-17-11-9-13(12-17)19-16-8-4-3-6-14(16)15-7-5-10-18(15)2/h3-4,6,8,13,15H,5,7,9-12H2,1-2H3. The topological polar surface area (TPSA) is 15.7 Å². The molecule has 2 aliphatic rings. The molecule has 2 unspecified atom stereocenters. The van der Waals surface area contributed by atoms with Gasteiger partial charge in [0.2, 0.25) is 0 Å². The smallest absolute Gasteiger partial charge is 0.124 e. The number of para-hydroxylation sites is 1. The van der Waals surface area contributed by atoms with Crippen LogP contribution in [-0.2, 0) is 0 Å². The molecule has 3 rings (SSSR count). The molecule has 0 spiro atoms. The van der Waals surface area contributed by atoms with Crippen LogP contribution in [0.5, 0.6) is 5.75 Å². The predicted octanol–water partition coefficient (Wildman–Crippen LogP) is 2.54. The fourth-order valence-corrected chi connectivity index (χ4v) is 3.34. The van der Waals surface area contributed by atoms with Crippen molar-refractivity contribution in [3.63, 3.8) is 0 Å². The molecule has 2 heterocycles. The largest absolute Gasteiger partial charge is 0.489 e. The maximum Gasteiger partial charge on any atom is 0.124 e. The van der Waals surface area contributed by atoms with E-state index in [1.807, 2.05) is 0 Å². The molecule has 0 radical (unpaired) electrons. The minimum Gasteiger partial charge on any atom is -0.489 e. The number of ether oxygens (including phenoxy) is 1. The summed E-state index contributed by atoms with van der Waals surface area (Å²) in [4.78, 5) is 4.79. The summed E-state index contributed by atoms with van der Waals surface area (Å²) >= 11 is 0. The van der Waals surface area contributed by atoms with Gasteiger partial charge < -0.3 is 9.64 Å². The minimum atomic E-state index is 0.359. The van der Waals surface area contributed by atoms with Crippen LogP contribution >= 0.6 is 0 Å². The third-order valence-corrected chi connectivity index (χ3v) is 4.44. The Morgan fingerprint density at radius 3 is 2.63 bits per heavy atom. The number of likely N-dealkylation sites (tertiary alicyclic amines) is 2. The number of likely N-dealkylation sites (N-methyl/N-ethyl adjacent to an activating group) is 1. The predicted molar refractivity (Wildman–Crippen MR) is 77.6 cm³/mol. The first-order valence-electron chi connectivity index (χ1n) is 7.38. The second-order valence-electron chi connectivity index (χ2n) is 5.97. The van der Waals surface area contributed by atoms with Crippen LogP contribution in [-0.4, -0.2) is 49.6 Å². The highest BCUT2D eigenvalue weighted by Gasteiger charge is 2.27. The zero-order valence-corrected chi connectivity index (χ0v) is 12.0. The average molecular weight is 260 g/mol. The van der Waals surface area contributed by atoms with E-state index in [0.29, 0.717) is 12.1 Å². The van der Waals surface area contributed by atoms with E-state index >= 15 is 0 Å². The van der Waals surface area contributed by atoms with Gasteiger partial charge >= 0.3 is 0 Å². The van der Waals surface area contributed by atoms with Crippen molar-refractivity contribution in [1.29, 1.82) is 0 Å². The van der Waals surface area contributed by atoms with Crippen molar-refractivity contribution in [1.82, 2.24) is 9.80 Å². The van der Waals surface area contributed by atoms with Gasteiger partial charge in [-0.1, -0.05) is 18.2 Å². The van der Waals surface area contributed by atoms with E-state index in [4.69, 9.17) is 4.74 Å². The lowest BCUT2D eigenvalue weighted by atomic mass is 10.0. The van der Waals surface area contributed by atoms with Gasteiger partial charge in [-0.25, -0.2) is 0 Å². The molecule has 19 heavy (non-hydrogen) atoms. The van der Waals surface area contributed by atoms with Gasteiger partial charge in [0.1, 0.15) is 11.9 Å². The highest BCUT2D eigenvalue weighted by atomic mass is 16.5. The Morgan fingerprint density at radius 1 is 1.11 bits per heavy atom. The molecule has 0 N–H and O–H groups in total. The zero-order chi connectivity index (χ0) is 13.2. The molecular formula is C16H24N2O. The molecular weight excluding hydrogens is 236 g/mol. The number of rotatable bonds is 3. The highest BCUT2D eigenvalue weighted by molar-refractivity contribution is 5.36. The molecule has 3 heteroatoms. The molecule has 2 aliphatic heterocycles. The average Bonchev–Trinajstić information content (AvgIpc) is 2.99. The lowest BCUT2D eigenvalue weighted by molar-refractivity contribution is 0.200. The van der Waals surface area contributed by atoms with Crippen LogP contribution in [0.2, 0.25) is 0 Å². The van der Waals surface area contributed by atoms with E-state index in [1.54, 1.807) is 0 Å². The highest BCUT2D eigenvalue weighted by Crippen LogP contribution is 2.36. The van der Waals surface area contributed by atoms with Crippen molar-refractivity contribution >= 4 is 0 Å². The molecule has 2 fully saturated rings. The Kier molecular flexibility index (Phi) is 3.76. The van der Waals surface area contributed by atoms with Crippen molar-refractivity contribution in [2.75, 3.05) is 33.7 Å². The first-order chi connectivity index (χ1) is 9.24. The number of nitrogens with zero attached hydrogens (tertiary/aromatic N) is 2. The molecule has 1 aromatic carbocycles. The molecule has 3 nitrogen and oxygen atoms in total. The van der Waals surface area contributed by atoms with Crippen molar-refractivity contribution in [3.8, 4) is 5.75 Å². The van der Waals surface area contributed by atoms with Gasteiger partial charge in [0.15, 0.2) is 0 Å². The lowest BCUT2D eigenvalue weighted by Gasteiger charge is -2.24. The second kappa shape index (κ2) is 5.51. The van der Waals surface area contributed by atoms with Gasteiger partial charge in [0.05, 0.1) is 0 Å². The molecule has 0 aliphatic carbocycles. The quantitative estimate of drug-likeness (QED) is 0.830. The summed E-state index contributed by atoms with van der Waals surface area (Å²) < 4.78 is 6.27. The van der Waals surface area contributed by atoms with Gasteiger partial charge in [-0.15, -0.1) is 0 Å². The molecule has 2 saturated heterocycles. The van der Waals surface area contributed by atoms with Gasteiger partial charge in [0, 0.05) is 24.7 Å². The van der Waals surface area contributed by atoms with Crippen molar-refractivity contribution in [2.45, 2.75) is 31.4 Å². The zero-order valence-electron chi connectivity index (χ0n) is 12.0. The van der Waals surface area contributed by atoms with E-state index in [9.17, 15) is 0 Å². The van der Waals surface area contributed by atoms with Crippen molar-refractivity contribution < 1.29 is 4.74 Å². The van der Waals surface area contributed by atoms with Gasteiger partial charge in [-0.2, -0.15) is 0 Å². The summed E-state index contributed by atoms with van der Waals surface area (Å²) in [6.07, 6.45) is 4.05. The third kappa shape index (κ3) is 2.77. The Bertz CT molecular complexity index is 435. The molecule has 0 saturated carbocycles. The summed E-state index contributed by atoms with van der Waals surface area (Å²) in [6.45, 7) is 3.40. The second-order valence-corrected chi connectivity index (χ2v) is 5.97. The molecule has 104 valence electrons. The molecule has 0 aromatic heterocycles. The summed E-state index contributed by atoms with van der Waals surface area (Å²) in [5, 5.41) is 0. The van der Waals surface area contributed by atoms with E-state index in [0.717, 1.165) is 25.3 Å². The summed E-state index contributed by atoms with van der Waals surface area (Å²) in [7, 11) is 4.39. The third-order valence-electron chi connectivity index (χ3n) is 4.44. The normalized spacial score (nSPS) is 28.9. The van der Waals surface area contributed by atoms with E-state index < -0.39 is 0 Å². The van der Waals surface area contributed by atoms with Crippen LogP contribution in [0.4, 0.5) is 0 Å². The van der Waals surface area contributed by atoms with Crippen LogP contribution < -0.4 is 4.74 Å². The maximum atomic E-state index is 6.27. The fraction of sp³-hybridized carbons (Fsp3) is 0.625. The number of hydrogen-bond donors (Lipinski definition) is 0. The Morgan fingerprint density at radius 2 is 1.95 bits per heavy atom. The fourth-order valence-electron chi connectivity index (χ4n) is 3.34. The first-order valence-corrected chi connectivity index (χ1v) is 7.38. The Labute approximate surface area is 116 Å². The SMILES string of the molecule is CN1CCC(Oc2ccccc2C2CCCN2C)C1. The minimum absolute atomic E-state index is 0.359. The summed E-state index contributed by atoms with van der Waals surface area (Å²) in [6, 6.07) is 9.14. The summed E-state index contributed by atoms with van der Waals surface area (Å²) in [5.74, 6) is 1.10. The Balaban J connectivity index is 1.77. The van der Waals surface area contributed by atoms with E-state index in [-0.39, 0.29) is 0 Å². The number of hydrogen-bond acceptors (Lipinski definition) is 3. The molecule has 2 atom stereocenters. The Hall–Kier alpha value is -1.06. The van der Waals surface area contributed by atoms with Gasteiger partial charge in [-0.3, -0.25) is 4.90 Å². The number of benzene rings is 1. The van der Waals surface area contributed by atoms with Gasteiger partial charge in [0.25, 0.3) is 0 Å². The molecule has 0 amide bonds. The van der Waals surface area contributed by atoms with Crippen LogP contribution in [0.1, 0.15) is 30.9 Å². The van der Waals surface area contributed by atoms with Crippen molar-refractivity contribution in [2.24, 2.45) is 0 Å². The summed E-state index contributed by atoms with van der Waals surface area (Å²) in [5.41, 5.74) is 1.37. The van der Waals surface area contributed by atoms with E-state index in [1.165, 1.54) is 24.9 Å².